The monoisotopic (exact) mass is 353 g/mol. The van der Waals surface area contributed by atoms with Crippen molar-refractivity contribution in [1.29, 1.82) is 0 Å². The van der Waals surface area contributed by atoms with Gasteiger partial charge in [-0.1, -0.05) is 24.3 Å². The molecule has 2 aromatic heterocycles. The molecule has 6 nitrogen and oxygen atoms in total. The van der Waals surface area contributed by atoms with Crippen molar-refractivity contribution >= 4 is 33.7 Å². The first-order valence-electron chi connectivity index (χ1n) is 6.35. The summed E-state index contributed by atoms with van der Waals surface area (Å²) in [5.41, 5.74) is 1.95. The smallest absolute Gasteiger partial charge is 0.550 e. The molecule has 0 amide bonds. The van der Waals surface area contributed by atoms with E-state index in [1.54, 1.807) is 12.4 Å². The Morgan fingerprint density at radius 2 is 1.09 bits per heavy atom. The van der Waals surface area contributed by atoms with Crippen LogP contribution in [0.4, 0.5) is 0 Å². The summed E-state index contributed by atoms with van der Waals surface area (Å²) in [6.07, 6.45) is 3.60. The molecule has 0 saturated heterocycles. The van der Waals surface area contributed by atoms with Gasteiger partial charge in [0.2, 0.25) is 0 Å². The molecule has 0 aliphatic heterocycles. The van der Waals surface area contributed by atoms with E-state index in [2.05, 4.69) is 34.2 Å². The number of carboxylic acid groups (broad SMARTS) is 2. The maximum absolute atomic E-state index is 8.89. The van der Waals surface area contributed by atoms with Crippen molar-refractivity contribution in [3.05, 3.63) is 48.8 Å². The van der Waals surface area contributed by atoms with E-state index in [9.17, 15) is 0 Å². The minimum absolute atomic E-state index is 0. The number of pyridine rings is 2. The van der Waals surface area contributed by atoms with Crippen LogP contribution in [0.5, 0.6) is 0 Å². The number of aliphatic carboxylic acids is 2. The maximum atomic E-state index is 8.89. The van der Waals surface area contributed by atoms with Crippen LogP contribution in [-0.4, -0.2) is 21.9 Å². The second kappa shape index (κ2) is 10.3. The van der Waals surface area contributed by atoms with Gasteiger partial charge < -0.3 is 19.8 Å². The zero-order valence-electron chi connectivity index (χ0n) is 12.5. The number of carbonyl (C=O) groups excluding carboxylic acids is 2. The van der Waals surface area contributed by atoms with Gasteiger partial charge in [-0.3, -0.25) is 9.97 Å². The van der Waals surface area contributed by atoms with Gasteiger partial charge in [0.25, 0.3) is 0 Å². The van der Waals surface area contributed by atoms with Crippen LogP contribution < -0.4 is 10.2 Å². The van der Waals surface area contributed by atoms with Crippen LogP contribution in [0.1, 0.15) is 13.8 Å². The maximum Gasteiger partial charge on any atom is 2.00 e. The molecule has 1 radical (unpaired) electrons. The number of aromatic nitrogens is 2. The Balaban J connectivity index is 0.000000461. The molecule has 0 aliphatic rings. The molecule has 7 heteroatoms. The quantitative estimate of drug-likeness (QED) is 0.425. The van der Waals surface area contributed by atoms with Gasteiger partial charge in [0.15, 0.2) is 0 Å². The van der Waals surface area contributed by atoms with Crippen LogP contribution in [0, 0.1) is 0 Å². The van der Waals surface area contributed by atoms with Crippen molar-refractivity contribution in [1.82, 2.24) is 9.97 Å². The van der Waals surface area contributed by atoms with Gasteiger partial charge in [-0.15, -0.1) is 0 Å². The molecule has 119 valence electrons. The Kier molecular flexibility index (Phi) is 9.15. The first-order chi connectivity index (χ1) is 10.4. The van der Waals surface area contributed by atoms with E-state index in [-0.39, 0.29) is 17.1 Å². The van der Waals surface area contributed by atoms with E-state index in [0.717, 1.165) is 35.7 Å². The van der Waals surface area contributed by atoms with Crippen molar-refractivity contribution in [3.63, 3.8) is 0 Å². The molecule has 3 rings (SSSR count). The zero-order chi connectivity index (χ0) is 16.5. The summed E-state index contributed by atoms with van der Waals surface area (Å²) in [4.78, 5) is 26.5. The number of carbonyl (C=O) groups is 2. The van der Waals surface area contributed by atoms with Crippen LogP contribution in [0.15, 0.2) is 48.8 Å². The van der Waals surface area contributed by atoms with Crippen molar-refractivity contribution in [2.45, 2.75) is 13.8 Å². The third-order valence-corrected chi connectivity index (χ3v) is 2.34. The summed E-state index contributed by atoms with van der Waals surface area (Å²) < 4.78 is 0. The molecule has 0 atom stereocenters. The van der Waals surface area contributed by atoms with Gasteiger partial charge in [-0.25, -0.2) is 0 Å². The molecular weight excluding hydrogens is 339 g/mol. The molecule has 0 fully saturated rings. The molecule has 3 aromatic rings. The number of carboxylic acids is 2. The van der Waals surface area contributed by atoms with Gasteiger partial charge in [0, 0.05) is 35.1 Å². The van der Waals surface area contributed by atoms with E-state index in [1.165, 1.54) is 0 Å². The number of hydrogen-bond donors (Lipinski definition) is 0. The van der Waals surface area contributed by atoms with Crippen LogP contribution in [0.2, 0.25) is 0 Å². The largest absolute Gasteiger partial charge is 2.00 e. The Hall–Kier alpha value is -2.50. The van der Waals surface area contributed by atoms with E-state index in [4.69, 9.17) is 19.8 Å². The van der Waals surface area contributed by atoms with Crippen LogP contribution in [0.25, 0.3) is 21.8 Å². The van der Waals surface area contributed by atoms with Crippen molar-refractivity contribution < 1.29 is 36.9 Å². The van der Waals surface area contributed by atoms with E-state index in [0.29, 0.717) is 0 Å². The Bertz CT molecular complexity index is 718. The van der Waals surface area contributed by atoms with E-state index < -0.39 is 11.9 Å². The Morgan fingerprint density at radius 1 is 0.783 bits per heavy atom. The standard InChI is InChI=1S/C12H8N2.2C2H4O2.Mn/c1-3-9-5-6-10-4-2-8-14-12(10)11(9)13-7-1;2*1-2(3)4;/h1-8H;2*1H3,(H,3,4);/q;;;+2/p-2. The molecule has 0 saturated carbocycles. The molecule has 0 spiro atoms. The summed E-state index contributed by atoms with van der Waals surface area (Å²) in [5.74, 6) is -2.17. The van der Waals surface area contributed by atoms with Crippen molar-refractivity contribution in [2.75, 3.05) is 0 Å². The number of rotatable bonds is 0. The van der Waals surface area contributed by atoms with Crippen LogP contribution in [0.3, 0.4) is 0 Å². The zero-order valence-corrected chi connectivity index (χ0v) is 13.7. The van der Waals surface area contributed by atoms with Gasteiger partial charge >= 0.3 is 17.1 Å². The second-order valence-electron chi connectivity index (χ2n) is 4.20. The van der Waals surface area contributed by atoms with Crippen LogP contribution in [-0.2, 0) is 26.7 Å². The van der Waals surface area contributed by atoms with Crippen molar-refractivity contribution in [3.8, 4) is 0 Å². The summed E-state index contributed by atoms with van der Waals surface area (Å²) >= 11 is 0. The molecule has 1 aromatic carbocycles. The van der Waals surface area contributed by atoms with Gasteiger partial charge in [0.05, 0.1) is 11.0 Å². The van der Waals surface area contributed by atoms with Gasteiger partial charge in [-0.05, 0) is 26.0 Å². The number of hydrogen-bond acceptors (Lipinski definition) is 6. The Morgan fingerprint density at radius 3 is 1.39 bits per heavy atom. The van der Waals surface area contributed by atoms with Crippen molar-refractivity contribution in [2.24, 2.45) is 0 Å². The molecule has 0 unspecified atom stereocenters. The molecular formula is C16H14MnN2O4. The summed E-state index contributed by atoms with van der Waals surface area (Å²) in [7, 11) is 0. The second-order valence-corrected chi connectivity index (χ2v) is 4.20. The van der Waals surface area contributed by atoms with Gasteiger partial charge in [-0.2, -0.15) is 0 Å². The van der Waals surface area contributed by atoms with E-state index >= 15 is 0 Å². The van der Waals surface area contributed by atoms with Crippen LogP contribution >= 0.6 is 0 Å². The average molecular weight is 353 g/mol. The predicted molar refractivity (Wildman–Crippen MR) is 78.4 cm³/mol. The third kappa shape index (κ3) is 7.35. The summed E-state index contributed by atoms with van der Waals surface area (Å²) in [5, 5.41) is 20.1. The first kappa shape index (κ1) is 20.5. The number of benzene rings is 1. The SMILES string of the molecule is CC(=O)[O-].CC(=O)[O-].[Mn+2].c1cnc2c(c1)ccc1cccnc12. The Labute approximate surface area is 143 Å². The fourth-order valence-electron chi connectivity index (χ4n) is 1.68. The molecule has 0 aliphatic carbocycles. The summed E-state index contributed by atoms with van der Waals surface area (Å²) in [6.45, 7) is 1.94. The predicted octanol–water partition coefficient (Wildman–Crippen LogP) is 0.293. The first-order valence-corrected chi connectivity index (χ1v) is 6.35. The molecule has 2 heterocycles. The average Bonchev–Trinajstić information content (AvgIpc) is 2.46. The van der Waals surface area contributed by atoms with E-state index in [1.807, 2.05) is 12.1 Å². The fourth-order valence-corrected chi connectivity index (χ4v) is 1.68. The third-order valence-electron chi connectivity index (χ3n) is 2.34. The summed E-state index contributed by atoms with van der Waals surface area (Å²) in [6, 6.07) is 12.1. The normalized spacial score (nSPS) is 8.78. The molecule has 0 bridgehead atoms. The van der Waals surface area contributed by atoms with Gasteiger partial charge in [0.1, 0.15) is 0 Å². The molecule has 23 heavy (non-hydrogen) atoms. The minimum Gasteiger partial charge on any atom is -0.550 e. The fraction of sp³-hybridized carbons (Fsp3) is 0.125. The number of nitrogens with zero attached hydrogens (tertiary/aromatic N) is 2. The molecule has 0 N–H and O–H groups in total. The topological polar surface area (TPSA) is 106 Å². The number of fused-ring (bicyclic) bond motifs is 3. The minimum atomic E-state index is -1.08.